The summed E-state index contributed by atoms with van der Waals surface area (Å²) in [6.07, 6.45) is 0.689. The van der Waals surface area contributed by atoms with Crippen LogP contribution < -0.4 is 5.56 Å². The number of ether oxygens (including phenoxy) is 1. The summed E-state index contributed by atoms with van der Waals surface area (Å²) in [6.45, 7) is 2.58. The van der Waals surface area contributed by atoms with Crippen LogP contribution in [0.4, 0.5) is 0 Å². The third-order valence-electron chi connectivity index (χ3n) is 3.18. The fourth-order valence-electron chi connectivity index (χ4n) is 2.11. The Labute approximate surface area is 134 Å². The van der Waals surface area contributed by atoms with Crippen molar-refractivity contribution in [1.29, 1.82) is 0 Å². The predicted molar refractivity (Wildman–Crippen MR) is 86.4 cm³/mol. The lowest BCUT2D eigenvalue weighted by atomic mass is 10.3. The fourth-order valence-corrected chi connectivity index (χ4v) is 3.49. The zero-order valence-corrected chi connectivity index (χ0v) is 13.6. The van der Waals surface area contributed by atoms with Crippen LogP contribution in [0.5, 0.6) is 0 Å². The zero-order valence-electron chi connectivity index (χ0n) is 11.9. The highest BCUT2D eigenvalue weighted by atomic mass is 32.1. The number of aryl methyl sites for hydroxylation is 1. The lowest BCUT2D eigenvalue weighted by Gasteiger charge is -2.12. The Hall–Kier alpha value is -1.61. The number of thiophene rings is 1. The van der Waals surface area contributed by atoms with Gasteiger partial charge in [0.05, 0.1) is 43.3 Å². The molecule has 1 N–H and O–H groups in total. The summed E-state index contributed by atoms with van der Waals surface area (Å²) in [7, 11) is 0. The van der Waals surface area contributed by atoms with Crippen LogP contribution in [0.3, 0.4) is 0 Å². The molecule has 8 heteroatoms. The van der Waals surface area contributed by atoms with E-state index in [2.05, 4.69) is 9.36 Å². The van der Waals surface area contributed by atoms with Gasteiger partial charge in [0.1, 0.15) is 0 Å². The Balaban J connectivity index is 1.63. The van der Waals surface area contributed by atoms with Crippen molar-refractivity contribution in [2.24, 2.45) is 0 Å². The molecular formula is C14H15N3O3S2. The Morgan fingerprint density at radius 1 is 1.50 bits per heavy atom. The molecule has 0 amide bonds. The predicted octanol–water partition coefficient (Wildman–Crippen LogP) is 1.80. The molecular weight excluding hydrogens is 322 g/mol. The first kappa shape index (κ1) is 15.3. The van der Waals surface area contributed by atoms with Gasteiger partial charge in [0.2, 0.25) is 0 Å². The quantitative estimate of drug-likeness (QED) is 0.742. The molecule has 0 aliphatic rings. The molecule has 0 bridgehead atoms. The fraction of sp³-hybridized carbons (Fsp3) is 0.357. The molecule has 0 unspecified atom stereocenters. The van der Waals surface area contributed by atoms with E-state index in [0.717, 1.165) is 4.88 Å². The van der Waals surface area contributed by atoms with E-state index in [9.17, 15) is 9.90 Å². The van der Waals surface area contributed by atoms with E-state index in [4.69, 9.17) is 4.74 Å². The third-order valence-corrected chi connectivity index (χ3v) is 4.87. The van der Waals surface area contributed by atoms with Gasteiger partial charge in [-0.15, -0.1) is 11.3 Å². The second-order valence-corrected chi connectivity index (χ2v) is 6.68. The smallest absolute Gasteiger partial charge is 0.264 e. The van der Waals surface area contributed by atoms with E-state index in [1.54, 1.807) is 18.3 Å². The van der Waals surface area contributed by atoms with Crippen LogP contribution in [0.1, 0.15) is 10.6 Å². The maximum Gasteiger partial charge on any atom is 0.264 e. The molecule has 3 heterocycles. The zero-order chi connectivity index (χ0) is 15.5. The van der Waals surface area contributed by atoms with Crippen LogP contribution >= 0.6 is 22.9 Å². The van der Waals surface area contributed by atoms with Crippen molar-refractivity contribution < 1.29 is 9.84 Å². The molecule has 3 rings (SSSR count). The molecule has 0 saturated carbocycles. The van der Waals surface area contributed by atoms with Crippen molar-refractivity contribution in [3.8, 4) is 0 Å². The normalized spacial score (nSPS) is 12.8. The Morgan fingerprint density at radius 3 is 3.14 bits per heavy atom. The second-order valence-electron chi connectivity index (χ2n) is 4.90. The van der Waals surface area contributed by atoms with Crippen molar-refractivity contribution in [2.75, 3.05) is 6.61 Å². The molecule has 116 valence electrons. The third kappa shape index (κ3) is 3.25. The van der Waals surface area contributed by atoms with Gasteiger partial charge in [0.15, 0.2) is 4.83 Å². The minimum atomic E-state index is -0.760. The Kier molecular flexibility index (Phi) is 4.63. The molecule has 0 saturated heterocycles. The van der Waals surface area contributed by atoms with Gasteiger partial charge in [0.25, 0.3) is 5.56 Å². The van der Waals surface area contributed by atoms with Crippen LogP contribution in [0.25, 0.3) is 10.2 Å². The van der Waals surface area contributed by atoms with Crippen LogP contribution in [0.2, 0.25) is 0 Å². The van der Waals surface area contributed by atoms with Crippen molar-refractivity contribution in [1.82, 2.24) is 13.9 Å². The van der Waals surface area contributed by atoms with Crippen molar-refractivity contribution in [3.05, 3.63) is 44.8 Å². The van der Waals surface area contributed by atoms with Crippen LogP contribution in [-0.4, -0.2) is 31.7 Å². The molecule has 0 aromatic carbocycles. The summed E-state index contributed by atoms with van der Waals surface area (Å²) in [4.78, 5) is 18.3. The summed E-state index contributed by atoms with van der Waals surface area (Å²) in [6, 6.07) is 3.93. The summed E-state index contributed by atoms with van der Waals surface area (Å²) < 4.78 is 11.0. The molecule has 3 aromatic heterocycles. The van der Waals surface area contributed by atoms with Crippen molar-refractivity contribution in [3.63, 3.8) is 0 Å². The van der Waals surface area contributed by atoms with Gasteiger partial charge in [0, 0.05) is 4.88 Å². The number of rotatable bonds is 6. The van der Waals surface area contributed by atoms with Gasteiger partial charge in [-0.2, -0.15) is 4.37 Å². The van der Waals surface area contributed by atoms with Crippen molar-refractivity contribution >= 4 is 33.1 Å². The summed E-state index contributed by atoms with van der Waals surface area (Å²) in [5.74, 6) is 0. The molecule has 0 fully saturated rings. The molecule has 22 heavy (non-hydrogen) atoms. The monoisotopic (exact) mass is 337 g/mol. The SMILES string of the molecule is Cc1nsc2ncn(C[C@H](O)COCc3cccs3)c(=O)c12. The topological polar surface area (TPSA) is 77.2 Å². The van der Waals surface area contributed by atoms with E-state index in [1.165, 1.54) is 22.4 Å². The van der Waals surface area contributed by atoms with E-state index in [1.807, 2.05) is 17.5 Å². The number of aromatic nitrogens is 3. The van der Waals surface area contributed by atoms with Gasteiger partial charge in [-0.1, -0.05) is 6.07 Å². The molecule has 0 aliphatic carbocycles. The average Bonchev–Trinajstić information content (AvgIpc) is 3.12. The first-order chi connectivity index (χ1) is 10.6. The lowest BCUT2D eigenvalue weighted by molar-refractivity contribution is 0.0207. The van der Waals surface area contributed by atoms with Crippen LogP contribution in [0, 0.1) is 6.92 Å². The molecule has 1 atom stereocenters. The van der Waals surface area contributed by atoms with Gasteiger partial charge in [-0.25, -0.2) is 4.98 Å². The number of nitrogens with zero attached hydrogens (tertiary/aromatic N) is 3. The molecule has 3 aromatic rings. The second kappa shape index (κ2) is 6.66. The van der Waals surface area contributed by atoms with E-state index < -0.39 is 6.10 Å². The highest BCUT2D eigenvalue weighted by Crippen LogP contribution is 2.15. The maximum atomic E-state index is 12.3. The standard InChI is InChI=1S/C14H15N3O3S2/c1-9-12-13(22-16-9)15-8-17(14(12)19)5-10(18)6-20-7-11-3-2-4-21-11/h2-4,8,10,18H,5-7H2,1H3/t10-/m0/s1. The number of aliphatic hydroxyl groups excluding tert-OH is 1. The highest BCUT2D eigenvalue weighted by Gasteiger charge is 2.13. The first-order valence-corrected chi connectivity index (χ1v) is 8.40. The minimum absolute atomic E-state index is 0.154. The Morgan fingerprint density at radius 2 is 2.36 bits per heavy atom. The highest BCUT2D eigenvalue weighted by molar-refractivity contribution is 7.12. The molecule has 0 radical (unpaired) electrons. The maximum absolute atomic E-state index is 12.3. The van der Waals surface area contributed by atoms with Gasteiger partial charge >= 0.3 is 0 Å². The van der Waals surface area contributed by atoms with E-state index >= 15 is 0 Å². The number of fused-ring (bicyclic) bond motifs is 1. The van der Waals surface area contributed by atoms with Gasteiger partial charge < -0.3 is 9.84 Å². The summed E-state index contributed by atoms with van der Waals surface area (Å²) in [5, 5.41) is 12.5. The first-order valence-electron chi connectivity index (χ1n) is 6.75. The van der Waals surface area contributed by atoms with Gasteiger partial charge in [-0.05, 0) is 29.9 Å². The van der Waals surface area contributed by atoms with Crippen LogP contribution in [0.15, 0.2) is 28.6 Å². The molecule has 0 aliphatic heterocycles. The molecule has 6 nitrogen and oxygen atoms in total. The number of hydrogen-bond acceptors (Lipinski definition) is 7. The molecule has 0 spiro atoms. The van der Waals surface area contributed by atoms with Crippen molar-refractivity contribution in [2.45, 2.75) is 26.2 Å². The van der Waals surface area contributed by atoms with E-state index in [-0.39, 0.29) is 18.7 Å². The summed E-state index contributed by atoms with van der Waals surface area (Å²) >= 11 is 2.81. The average molecular weight is 337 g/mol. The Bertz CT molecular complexity index is 810. The van der Waals surface area contributed by atoms with Crippen LogP contribution in [-0.2, 0) is 17.9 Å². The van der Waals surface area contributed by atoms with E-state index in [0.29, 0.717) is 22.5 Å². The number of hydrogen-bond donors (Lipinski definition) is 1. The number of aliphatic hydroxyl groups is 1. The van der Waals surface area contributed by atoms with Gasteiger partial charge in [-0.3, -0.25) is 9.36 Å². The summed E-state index contributed by atoms with van der Waals surface area (Å²) in [5.41, 5.74) is 0.504. The minimum Gasteiger partial charge on any atom is -0.389 e. The largest absolute Gasteiger partial charge is 0.389 e. The lowest BCUT2D eigenvalue weighted by Crippen LogP contribution is -2.29.